The highest BCUT2D eigenvalue weighted by atomic mass is 19.4. The van der Waals surface area contributed by atoms with Crippen LogP contribution in [0.25, 0.3) is 5.65 Å². The van der Waals surface area contributed by atoms with Crippen LogP contribution in [0, 0.1) is 6.92 Å². The van der Waals surface area contributed by atoms with E-state index < -0.39 is 30.2 Å². The maximum absolute atomic E-state index is 12.8. The molecule has 0 aromatic carbocycles. The SMILES string of the molecule is Cc1nc2ccc(C(F)(F)F)cn2c1C(=O)N(C)CC(=O)O. The molecule has 6 nitrogen and oxygen atoms in total. The summed E-state index contributed by atoms with van der Waals surface area (Å²) in [5.41, 5.74) is -0.615. The molecule has 2 aromatic heterocycles. The molecule has 0 spiro atoms. The van der Waals surface area contributed by atoms with Gasteiger partial charge in [0.25, 0.3) is 5.91 Å². The summed E-state index contributed by atoms with van der Waals surface area (Å²) in [6.07, 6.45) is -3.78. The van der Waals surface area contributed by atoms with Crippen molar-refractivity contribution in [2.75, 3.05) is 13.6 Å². The Kier molecular flexibility index (Phi) is 3.82. The Balaban J connectivity index is 2.55. The van der Waals surface area contributed by atoms with Crippen LogP contribution in [0.3, 0.4) is 0 Å². The molecule has 1 N–H and O–H groups in total. The van der Waals surface area contributed by atoms with Gasteiger partial charge in [-0.05, 0) is 19.1 Å². The summed E-state index contributed by atoms with van der Waals surface area (Å²) >= 11 is 0. The zero-order valence-corrected chi connectivity index (χ0v) is 11.7. The van der Waals surface area contributed by atoms with Crippen molar-refractivity contribution in [3.63, 3.8) is 0 Å². The number of pyridine rings is 1. The quantitative estimate of drug-likeness (QED) is 0.937. The number of rotatable bonds is 3. The monoisotopic (exact) mass is 315 g/mol. The summed E-state index contributed by atoms with van der Waals surface area (Å²) in [6, 6.07) is 2.03. The first-order valence-corrected chi connectivity index (χ1v) is 6.14. The first-order valence-electron chi connectivity index (χ1n) is 6.14. The van der Waals surface area contributed by atoms with Gasteiger partial charge in [0.1, 0.15) is 17.9 Å². The van der Waals surface area contributed by atoms with E-state index in [0.717, 1.165) is 27.6 Å². The lowest BCUT2D eigenvalue weighted by Crippen LogP contribution is -2.33. The van der Waals surface area contributed by atoms with Crippen LogP contribution in [0.15, 0.2) is 18.3 Å². The number of nitrogens with zero attached hydrogens (tertiary/aromatic N) is 3. The number of alkyl halides is 3. The van der Waals surface area contributed by atoms with Gasteiger partial charge in [0.2, 0.25) is 0 Å². The summed E-state index contributed by atoms with van der Waals surface area (Å²) in [7, 11) is 1.25. The van der Waals surface area contributed by atoms with Gasteiger partial charge in [-0.15, -0.1) is 0 Å². The number of aromatic nitrogens is 2. The Morgan fingerprint density at radius 3 is 2.55 bits per heavy atom. The predicted octanol–water partition coefficient (Wildman–Crippen LogP) is 1.82. The number of carbonyl (C=O) groups excluding carboxylic acids is 1. The standard InChI is InChI=1S/C13H12F3N3O3/c1-7-11(12(22)18(2)6-10(20)21)19-5-8(13(14,15)16)3-4-9(19)17-7/h3-5H,6H2,1-2H3,(H,20,21). The van der Waals surface area contributed by atoms with Gasteiger partial charge in [-0.2, -0.15) is 13.2 Å². The van der Waals surface area contributed by atoms with E-state index in [1.165, 1.54) is 14.0 Å². The van der Waals surface area contributed by atoms with Gasteiger partial charge in [-0.1, -0.05) is 0 Å². The highest BCUT2D eigenvalue weighted by molar-refractivity contribution is 5.96. The normalized spacial score (nSPS) is 11.7. The van der Waals surface area contributed by atoms with Gasteiger partial charge in [0.15, 0.2) is 0 Å². The number of fused-ring (bicyclic) bond motifs is 1. The minimum absolute atomic E-state index is 0.0927. The number of likely N-dealkylation sites (N-methyl/N-ethyl adjacent to an activating group) is 1. The van der Waals surface area contributed by atoms with Crippen molar-refractivity contribution < 1.29 is 27.9 Å². The van der Waals surface area contributed by atoms with E-state index in [2.05, 4.69) is 4.98 Å². The van der Waals surface area contributed by atoms with Crippen LogP contribution in [-0.4, -0.2) is 44.9 Å². The molecular formula is C13H12F3N3O3. The summed E-state index contributed by atoms with van der Waals surface area (Å²) in [6.45, 7) is 0.909. The summed E-state index contributed by atoms with van der Waals surface area (Å²) in [4.78, 5) is 27.8. The van der Waals surface area contributed by atoms with Crippen molar-refractivity contribution in [2.24, 2.45) is 0 Å². The van der Waals surface area contributed by atoms with Gasteiger partial charge < -0.3 is 10.0 Å². The number of carbonyl (C=O) groups is 2. The highest BCUT2D eigenvalue weighted by Gasteiger charge is 2.32. The third-order valence-electron chi connectivity index (χ3n) is 3.04. The highest BCUT2D eigenvalue weighted by Crippen LogP contribution is 2.29. The van der Waals surface area contributed by atoms with E-state index in [1.807, 2.05) is 0 Å². The molecule has 0 aliphatic rings. The van der Waals surface area contributed by atoms with E-state index >= 15 is 0 Å². The lowest BCUT2D eigenvalue weighted by atomic mass is 10.2. The number of aliphatic carboxylic acids is 1. The largest absolute Gasteiger partial charge is 0.480 e. The van der Waals surface area contributed by atoms with Crippen LogP contribution < -0.4 is 0 Å². The van der Waals surface area contributed by atoms with Crippen LogP contribution in [0.2, 0.25) is 0 Å². The van der Waals surface area contributed by atoms with Crippen LogP contribution in [0.5, 0.6) is 0 Å². The molecule has 0 saturated heterocycles. The number of hydrogen-bond acceptors (Lipinski definition) is 3. The van der Waals surface area contributed by atoms with Crippen molar-refractivity contribution in [1.29, 1.82) is 0 Å². The van der Waals surface area contributed by atoms with Gasteiger partial charge in [-0.3, -0.25) is 14.0 Å². The summed E-state index contributed by atoms with van der Waals surface area (Å²) in [5, 5.41) is 8.70. The molecule has 2 rings (SSSR count). The molecular weight excluding hydrogens is 303 g/mol. The lowest BCUT2D eigenvalue weighted by Gasteiger charge is -2.15. The Morgan fingerprint density at radius 2 is 2.00 bits per heavy atom. The molecule has 1 amide bonds. The Labute approximate surface area is 122 Å². The van der Waals surface area contributed by atoms with E-state index in [-0.39, 0.29) is 17.0 Å². The van der Waals surface area contributed by atoms with Crippen LogP contribution in [-0.2, 0) is 11.0 Å². The third-order valence-corrected chi connectivity index (χ3v) is 3.04. The van der Waals surface area contributed by atoms with Gasteiger partial charge >= 0.3 is 12.1 Å². The third kappa shape index (κ3) is 2.87. The number of imidazole rings is 1. The number of hydrogen-bond donors (Lipinski definition) is 1. The Bertz CT molecular complexity index is 752. The summed E-state index contributed by atoms with van der Waals surface area (Å²) in [5.74, 6) is -1.94. The van der Waals surface area contributed by atoms with Crippen molar-refractivity contribution in [1.82, 2.24) is 14.3 Å². The Morgan fingerprint density at radius 1 is 1.36 bits per heavy atom. The molecule has 22 heavy (non-hydrogen) atoms. The van der Waals surface area contributed by atoms with Crippen molar-refractivity contribution in [3.05, 3.63) is 35.3 Å². The average Bonchev–Trinajstić information content (AvgIpc) is 2.70. The first-order chi connectivity index (χ1) is 10.1. The molecule has 0 bridgehead atoms. The number of carboxylic acid groups (broad SMARTS) is 1. The molecule has 0 atom stereocenters. The lowest BCUT2D eigenvalue weighted by molar-refractivity contribution is -0.138. The smallest absolute Gasteiger partial charge is 0.417 e. The van der Waals surface area contributed by atoms with Crippen molar-refractivity contribution in [3.8, 4) is 0 Å². The molecule has 9 heteroatoms. The number of aryl methyl sites for hydroxylation is 1. The van der Waals surface area contributed by atoms with Crippen LogP contribution in [0.1, 0.15) is 21.7 Å². The second-order valence-electron chi connectivity index (χ2n) is 4.74. The predicted molar refractivity (Wildman–Crippen MR) is 69.5 cm³/mol. The minimum Gasteiger partial charge on any atom is -0.480 e. The van der Waals surface area contributed by atoms with Crippen LogP contribution >= 0.6 is 0 Å². The maximum Gasteiger partial charge on any atom is 0.417 e. The number of halogens is 3. The maximum atomic E-state index is 12.8. The van der Waals surface area contributed by atoms with Crippen molar-refractivity contribution in [2.45, 2.75) is 13.1 Å². The summed E-state index contributed by atoms with van der Waals surface area (Å²) < 4.78 is 39.4. The second-order valence-corrected chi connectivity index (χ2v) is 4.74. The Hall–Kier alpha value is -2.58. The first kappa shape index (κ1) is 15.8. The molecule has 0 aliphatic carbocycles. The molecule has 0 fully saturated rings. The molecule has 2 aromatic rings. The fourth-order valence-electron chi connectivity index (χ4n) is 2.04. The zero-order chi connectivity index (χ0) is 16.7. The fraction of sp³-hybridized carbons (Fsp3) is 0.308. The molecule has 0 aliphatic heterocycles. The molecule has 0 radical (unpaired) electrons. The number of carboxylic acids is 1. The van der Waals surface area contributed by atoms with E-state index in [1.54, 1.807) is 0 Å². The topological polar surface area (TPSA) is 74.9 Å². The zero-order valence-electron chi connectivity index (χ0n) is 11.7. The van der Waals surface area contributed by atoms with E-state index in [9.17, 15) is 22.8 Å². The minimum atomic E-state index is -4.56. The average molecular weight is 315 g/mol. The molecule has 0 saturated carbocycles. The van der Waals surface area contributed by atoms with E-state index in [4.69, 9.17) is 5.11 Å². The van der Waals surface area contributed by atoms with Gasteiger partial charge in [0.05, 0.1) is 11.3 Å². The van der Waals surface area contributed by atoms with Gasteiger partial charge in [-0.25, -0.2) is 4.98 Å². The van der Waals surface area contributed by atoms with Crippen molar-refractivity contribution >= 4 is 17.5 Å². The molecule has 0 unspecified atom stereocenters. The molecule has 118 valence electrons. The number of amides is 1. The van der Waals surface area contributed by atoms with Crippen LogP contribution in [0.4, 0.5) is 13.2 Å². The second kappa shape index (κ2) is 5.32. The van der Waals surface area contributed by atoms with E-state index in [0.29, 0.717) is 0 Å². The van der Waals surface area contributed by atoms with Gasteiger partial charge in [0, 0.05) is 13.2 Å². The molecule has 2 heterocycles. The fourth-order valence-corrected chi connectivity index (χ4v) is 2.04.